The number of methoxy groups -OCH3 is 1. The van der Waals surface area contributed by atoms with Crippen LogP contribution in [0.2, 0.25) is 0 Å². The van der Waals surface area contributed by atoms with Crippen molar-refractivity contribution < 1.29 is 34.0 Å². The largest absolute Gasteiger partial charge is 0.507 e. The van der Waals surface area contributed by atoms with Gasteiger partial charge in [0.25, 0.3) is 11.7 Å². The standard InChI is InChI=1S/C29H36N2O7/c1-18(2)17-38-21-6-7-22(19(3)15-21)27(33)25-26(20-5-8-23(32)24(16-20)36-4)31(29(35)28(25)34)10-9-30-11-13-37-14-12-30/h5-8,15-16,18,26,32-33H,9-14,17H2,1-4H3/b27-25+/t26-/m0/s1. The Balaban J connectivity index is 1.75. The number of carbonyl (C=O) groups excluding carboxylic acids is 2. The second-order valence-corrected chi connectivity index (χ2v) is 10.1. The molecular formula is C29H36N2O7. The first-order valence-electron chi connectivity index (χ1n) is 12.9. The summed E-state index contributed by atoms with van der Waals surface area (Å²) in [5.74, 6) is -0.495. The van der Waals surface area contributed by atoms with Crippen molar-refractivity contribution in [1.82, 2.24) is 9.80 Å². The van der Waals surface area contributed by atoms with Crippen LogP contribution in [0.25, 0.3) is 5.76 Å². The first kappa shape index (κ1) is 27.5. The highest BCUT2D eigenvalue weighted by Gasteiger charge is 2.46. The number of carbonyl (C=O) groups is 2. The van der Waals surface area contributed by atoms with Gasteiger partial charge >= 0.3 is 0 Å². The predicted octanol–water partition coefficient (Wildman–Crippen LogP) is 3.50. The smallest absolute Gasteiger partial charge is 0.295 e. The summed E-state index contributed by atoms with van der Waals surface area (Å²) in [5.41, 5.74) is 1.72. The number of aliphatic hydroxyl groups is 1. The summed E-state index contributed by atoms with van der Waals surface area (Å²) in [6.45, 7) is 10.1. The van der Waals surface area contributed by atoms with E-state index in [1.54, 1.807) is 24.3 Å². The van der Waals surface area contributed by atoms with Gasteiger partial charge in [0.05, 0.1) is 38.5 Å². The Kier molecular flexibility index (Phi) is 8.58. The van der Waals surface area contributed by atoms with Crippen LogP contribution in [-0.2, 0) is 14.3 Å². The van der Waals surface area contributed by atoms with Crippen LogP contribution in [-0.4, -0.2) is 84.8 Å². The van der Waals surface area contributed by atoms with Crippen LogP contribution < -0.4 is 9.47 Å². The lowest BCUT2D eigenvalue weighted by Gasteiger charge is -2.31. The molecule has 0 spiro atoms. The lowest BCUT2D eigenvalue weighted by molar-refractivity contribution is -0.140. The van der Waals surface area contributed by atoms with E-state index in [0.717, 1.165) is 13.1 Å². The number of benzene rings is 2. The van der Waals surface area contributed by atoms with E-state index >= 15 is 0 Å². The fraction of sp³-hybridized carbons (Fsp3) is 0.448. The number of morpholine rings is 1. The fourth-order valence-electron chi connectivity index (χ4n) is 4.80. The summed E-state index contributed by atoms with van der Waals surface area (Å²) in [6.07, 6.45) is 0. The Morgan fingerprint density at radius 3 is 2.50 bits per heavy atom. The van der Waals surface area contributed by atoms with Crippen LogP contribution in [0.15, 0.2) is 42.0 Å². The summed E-state index contributed by atoms with van der Waals surface area (Å²) in [5, 5.41) is 21.6. The normalized spacial score (nSPS) is 19.8. The van der Waals surface area contributed by atoms with E-state index < -0.39 is 17.7 Å². The molecule has 2 aromatic rings. The zero-order valence-electron chi connectivity index (χ0n) is 22.4. The molecule has 0 radical (unpaired) electrons. The van der Waals surface area contributed by atoms with Crippen molar-refractivity contribution in [2.75, 3.05) is 53.1 Å². The highest BCUT2D eigenvalue weighted by molar-refractivity contribution is 6.46. The number of hydrogen-bond acceptors (Lipinski definition) is 8. The highest BCUT2D eigenvalue weighted by atomic mass is 16.5. The first-order valence-corrected chi connectivity index (χ1v) is 12.9. The van der Waals surface area contributed by atoms with Gasteiger partial charge in [0.1, 0.15) is 11.5 Å². The highest BCUT2D eigenvalue weighted by Crippen LogP contribution is 2.42. The number of Topliss-reactive ketones (excluding diaryl/α,β-unsaturated/α-hetero) is 1. The third kappa shape index (κ3) is 5.79. The molecule has 2 aliphatic rings. The molecule has 9 heteroatoms. The van der Waals surface area contributed by atoms with Gasteiger partial charge in [-0.3, -0.25) is 14.5 Å². The average Bonchev–Trinajstić information content (AvgIpc) is 3.16. The van der Waals surface area contributed by atoms with Crippen LogP contribution in [0.4, 0.5) is 0 Å². The van der Waals surface area contributed by atoms with E-state index in [1.807, 2.05) is 13.0 Å². The van der Waals surface area contributed by atoms with E-state index in [-0.39, 0.29) is 29.4 Å². The van der Waals surface area contributed by atoms with Crippen molar-refractivity contribution in [2.45, 2.75) is 26.8 Å². The van der Waals surface area contributed by atoms with Crippen LogP contribution in [0, 0.1) is 12.8 Å². The van der Waals surface area contributed by atoms with Gasteiger partial charge in [-0.25, -0.2) is 0 Å². The molecule has 2 aromatic carbocycles. The molecule has 0 aromatic heterocycles. The Bertz CT molecular complexity index is 1220. The summed E-state index contributed by atoms with van der Waals surface area (Å²) in [7, 11) is 1.43. The minimum absolute atomic E-state index is 0.00340. The minimum Gasteiger partial charge on any atom is -0.507 e. The number of ketones is 1. The molecule has 204 valence electrons. The van der Waals surface area contributed by atoms with Gasteiger partial charge < -0.3 is 29.3 Å². The molecule has 1 amide bonds. The maximum atomic E-state index is 13.4. The molecule has 2 aliphatic heterocycles. The number of rotatable bonds is 9. The van der Waals surface area contributed by atoms with Gasteiger partial charge in [-0.15, -0.1) is 0 Å². The Hall–Kier alpha value is -3.56. The maximum Gasteiger partial charge on any atom is 0.295 e. The Morgan fingerprint density at radius 1 is 1.11 bits per heavy atom. The first-order chi connectivity index (χ1) is 18.2. The molecule has 2 fully saturated rings. The Labute approximate surface area is 223 Å². The molecule has 2 saturated heterocycles. The van der Waals surface area contributed by atoms with Crippen molar-refractivity contribution in [2.24, 2.45) is 5.92 Å². The summed E-state index contributed by atoms with van der Waals surface area (Å²) < 4.78 is 16.5. The molecule has 1 atom stereocenters. The van der Waals surface area contributed by atoms with E-state index in [4.69, 9.17) is 14.2 Å². The third-order valence-corrected chi connectivity index (χ3v) is 6.86. The van der Waals surface area contributed by atoms with Gasteiger partial charge in [-0.2, -0.15) is 0 Å². The van der Waals surface area contributed by atoms with E-state index in [2.05, 4.69) is 18.7 Å². The number of aromatic hydroxyl groups is 1. The summed E-state index contributed by atoms with van der Waals surface area (Å²) in [6, 6.07) is 9.11. The second kappa shape index (κ2) is 11.9. The summed E-state index contributed by atoms with van der Waals surface area (Å²) >= 11 is 0. The summed E-state index contributed by atoms with van der Waals surface area (Å²) in [4.78, 5) is 30.4. The fourth-order valence-corrected chi connectivity index (χ4v) is 4.80. The van der Waals surface area contributed by atoms with Crippen molar-refractivity contribution in [3.05, 3.63) is 58.7 Å². The van der Waals surface area contributed by atoms with E-state index in [1.165, 1.54) is 18.1 Å². The number of phenolic OH excluding ortho intramolecular Hbond substituents is 1. The van der Waals surface area contributed by atoms with Crippen LogP contribution in [0.1, 0.15) is 36.6 Å². The molecular weight excluding hydrogens is 488 g/mol. The number of ether oxygens (including phenoxy) is 3. The van der Waals surface area contributed by atoms with Crippen molar-refractivity contribution in [1.29, 1.82) is 0 Å². The van der Waals surface area contributed by atoms with Crippen molar-refractivity contribution in [3.63, 3.8) is 0 Å². The SMILES string of the molecule is COc1cc([C@H]2/C(=C(\O)c3ccc(OCC(C)C)cc3C)C(=O)C(=O)N2CCN2CCOCC2)ccc1O. The average molecular weight is 525 g/mol. The number of phenols is 1. The molecule has 2 heterocycles. The van der Waals surface area contributed by atoms with Crippen molar-refractivity contribution in [3.8, 4) is 17.2 Å². The van der Waals surface area contributed by atoms with Gasteiger partial charge in [0, 0.05) is 31.7 Å². The van der Waals surface area contributed by atoms with Gasteiger partial charge in [-0.05, 0) is 54.3 Å². The lowest BCUT2D eigenvalue weighted by atomic mass is 9.93. The molecule has 0 bridgehead atoms. The molecule has 0 unspecified atom stereocenters. The van der Waals surface area contributed by atoms with Gasteiger partial charge in [0.2, 0.25) is 0 Å². The quantitative estimate of drug-likeness (QED) is 0.292. The second-order valence-electron chi connectivity index (χ2n) is 10.1. The van der Waals surface area contributed by atoms with Gasteiger partial charge in [-0.1, -0.05) is 19.9 Å². The van der Waals surface area contributed by atoms with Gasteiger partial charge in [0.15, 0.2) is 11.5 Å². The predicted molar refractivity (Wildman–Crippen MR) is 142 cm³/mol. The van der Waals surface area contributed by atoms with Crippen LogP contribution in [0.3, 0.4) is 0 Å². The minimum atomic E-state index is -0.846. The Morgan fingerprint density at radius 2 is 1.84 bits per heavy atom. The molecule has 0 aliphatic carbocycles. The third-order valence-electron chi connectivity index (χ3n) is 6.86. The molecule has 9 nitrogen and oxygen atoms in total. The molecule has 38 heavy (non-hydrogen) atoms. The zero-order valence-corrected chi connectivity index (χ0v) is 22.4. The van der Waals surface area contributed by atoms with Crippen LogP contribution in [0.5, 0.6) is 17.2 Å². The number of nitrogens with zero attached hydrogens (tertiary/aromatic N) is 2. The maximum absolute atomic E-state index is 13.4. The zero-order chi connectivity index (χ0) is 27.4. The molecule has 0 saturated carbocycles. The molecule has 4 rings (SSSR count). The number of aryl methyl sites for hydroxylation is 1. The van der Waals surface area contributed by atoms with E-state index in [0.29, 0.717) is 54.7 Å². The lowest BCUT2D eigenvalue weighted by Crippen LogP contribution is -2.42. The number of aliphatic hydroxyl groups excluding tert-OH is 1. The number of likely N-dealkylation sites (tertiary alicyclic amines) is 1. The van der Waals surface area contributed by atoms with E-state index in [9.17, 15) is 19.8 Å². The topological polar surface area (TPSA) is 109 Å². The monoisotopic (exact) mass is 524 g/mol. The van der Waals surface area contributed by atoms with Crippen LogP contribution >= 0.6 is 0 Å². The van der Waals surface area contributed by atoms with Crippen molar-refractivity contribution >= 4 is 17.4 Å². The number of hydrogen-bond donors (Lipinski definition) is 2. The number of amides is 1. The molecule has 2 N–H and O–H groups in total.